The Kier molecular flexibility index (Phi) is 6.55. The van der Waals surface area contributed by atoms with Crippen LogP contribution in [0.15, 0.2) is 65.7 Å². The highest BCUT2D eigenvalue weighted by molar-refractivity contribution is 7.72. The quantitative estimate of drug-likeness (QED) is 0.288. The summed E-state index contributed by atoms with van der Waals surface area (Å²) in [5.41, 5.74) is 1.70. The molecule has 0 spiro atoms. The Morgan fingerprint density at radius 3 is 2.62 bits per heavy atom. The smallest absolute Gasteiger partial charge is 0.384 e. The summed E-state index contributed by atoms with van der Waals surface area (Å²) in [5, 5.41) is 3.19. The molecule has 0 radical (unpaired) electrons. The maximum Gasteiger partial charge on any atom is 0.384 e. The average Bonchev–Trinajstić information content (AvgIpc) is 2.75. The molecule has 0 bridgehead atoms. The SMILES string of the molecule is O=C(C#CCNC(=O)c1ccc2cc([SH](=O)=O)cnc2c1)OCc1ccccc1. The number of nitrogens with zero attached hydrogens (tertiary/aromatic N) is 1. The molecule has 3 rings (SSSR count). The lowest BCUT2D eigenvalue weighted by atomic mass is 10.1. The molecule has 0 saturated carbocycles. The number of benzene rings is 2. The highest BCUT2D eigenvalue weighted by Crippen LogP contribution is 2.16. The minimum Gasteiger partial charge on any atom is -0.451 e. The van der Waals surface area contributed by atoms with Gasteiger partial charge in [0.1, 0.15) is 6.61 Å². The lowest BCUT2D eigenvalue weighted by Crippen LogP contribution is -2.23. The van der Waals surface area contributed by atoms with Crippen LogP contribution in [0.1, 0.15) is 15.9 Å². The Bertz CT molecular complexity index is 1190. The predicted molar refractivity (Wildman–Crippen MR) is 107 cm³/mol. The standard InChI is InChI=1S/C21H16N2O5S/c24-20(28-14-15-5-2-1-3-6-15)7-4-10-22-21(25)17-9-8-16-11-18(29(26)27)13-23-19(16)12-17/h1-3,5-6,8-9,11-13,29H,10,14H2,(H,22,25). The van der Waals surface area contributed by atoms with Gasteiger partial charge in [-0.1, -0.05) is 42.3 Å². The first kappa shape index (κ1) is 20.0. The average molecular weight is 408 g/mol. The number of ether oxygens (including phenoxy) is 1. The molecule has 0 unspecified atom stereocenters. The summed E-state index contributed by atoms with van der Waals surface area (Å²) < 4.78 is 27.0. The van der Waals surface area contributed by atoms with Crippen LogP contribution in [-0.4, -0.2) is 31.8 Å². The minimum atomic E-state index is -2.72. The summed E-state index contributed by atoms with van der Waals surface area (Å²) in [4.78, 5) is 28.0. The Hall–Kier alpha value is -3.70. The van der Waals surface area contributed by atoms with Crippen LogP contribution in [0.2, 0.25) is 0 Å². The number of carbonyl (C=O) groups excluding carboxylic acids is 2. The molecule has 0 atom stereocenters. The molecule has 1 amide bonds. The number of rotatable bonds is 5. The zero-order valence-electron chi connectivity index (χ0n) is 15.1. The van der Waals surface area contributed by atoms with Crippen molar-refractivity contribution < 1.29 is 22.7 Å². The van der Waals surface area contributed by atoms with Gasteiger partial charge in [0, 0.05) is 23.1 Å². The van der Waals surface area contributed by atoms with E-state index in [1.807, 2.05) is 30.3 Å². The zero-order chi connectivity index (χ0) is 20.6. The maximum absolute atomic E-state index is 12.2. The fourth-order valence-corrected chi connectivity index (χ4v) is 2.85. The van der Waals surface area contributed by atoms with Crippen LogP contribution in [-0.2, 0) is 26.8 Å². The van der Waals surface area contributed by atoms with Crippen LogP contribution in [0.5, 0.6) is 0 Å². The van der Waals surface area contributed by atoms with Gasteiger partial charge < -0.3 is 10.1 Å². The zero-order valence-corrected chi connectivity index (χ0v) is 16.0. The third-order valence-electron chi connectivity index (χ3n) is 3.88. The van der Waals surface area contributed by atoms with Crippen molar-refractivity contribution in [2.45, 2.75) is 11.5 Å². The Balaban J connectivity index is 1.53. The van der Waals surface area contributed by atoms with Gasteiger partial charge in [0.15, 0.2) is 10.7 Å². The third-order valence-corrected chi connectivity index (χ3v) is 4.55. The largest absolute Gasteiger partial charge is 0.451 e. The highest BCUT2D eigenvalue weighted by atomic mass is 32.2. The number of carbonyl (C=O) groups is 2. The number of nitrogens with one attached hydrogen (secondary N) is 1. The number of esters is 1. The summed E-state index contributed by atoms with van der Waals surface area (Å²) in [6.45, 7) is 0.105. The van der Waals surface area contributed by atoms with Gasteiger partial charge in [0.25, 0.3) is 5.91 Å². The normalized spacial score (nSPS) is 10.2. The number of thiol groups is 1. The fraction of sp³-hybridized carbons (Fsp3) is 0.0952. The van der Waals surface area contributed by atoms with E-state index in [-0.39, 0.29) is 24.0 Å². The van der Waals surface area contributed by atoms with Crippen LogP contribution in [0.25, 0.3) is 10.9 Å². The molecular formula is C21H16N2O5S. The monoisotopic (exact) mass is 408 g/mol. The van der Waals surface area contributed by atoms with E-state index in [0.717, 1.165) is 5.56 Å². The van der Waals surface area contributed by atoms with Crippen molar-refractivity contribution in [3.05, 3.63) is 71.9 Å². The second kappa shape index (κ2) is 9.48. The molecular weight excluding hydrogens is 392 g/mol. The van der Waals surface area contributed by atoms with E-state index in [1.54, 1.807) is 18.2 Å². The van der Waals surface area contributed by atoms with Gasteiger partial charge in [-0.25, -0.2) is 13.2 Å². The Labute approximate surface area is 168 Å². The molecule has 1 aromatic heterocycles. The minimum absolute atomic E-state index is 0.0274. The number of aromatic nitrogens is 1. The second-order valence-electron chi connectivity index (χ2n) is 5.90. The summed E-state index contributed by atoms with van der Waals surface area (Å²) >= 11 is 0. The van der Waals surface area contributed by atoms with Crippen LogP contribution in [0.4, 0.5) is 0 Å². The van der Waals surface area contributed by atoms with E-state index in [1.165, 1.54) is 12.3 Å². The summed E-state index contributed by atoms with van der Waals surface area (Å²) in [7, 11) is -2.72. The molecule has 146 valence electrons. The molecule has 0 saturated heterocycles. The summed E-state index contributed by atoms with van der Waals surface area (Å²) in [6.07, 6.45) is 1.24. The molecule has 3 aromatic rings. The first-order chi connectivity index (χ1) is 14.0. The summed E-state index contributed by atoms with van der Waals surface area (Å²) in [5.74, 6) is 3.79. The topological polar surface area (TPSA) is 102 Å². The maximum atomic E-state index is 12.2. The van der Waals surface area contributed by atoms with Gasteiger partial charge in [-0.05, 0) is 23.8 Å². The van der Waals surface area contributed by atoms with E-state index in [2.05, 4.69) is 22.1 Å². The van der Waals surface area contributed by atoms with E-state index < -0.39 is 16.7 Å². The molecule has 0 aliphatic rings. The summed E-state index contributed by atoms with van der Waals surface area (Å²) in [6, 6.07) is 15.4. The number of hydrogen-bond acceptors (Lipinski definition) is 6. The molecule has 1 N–H and O–H groups in total. The lowest BCUT2D eigenvalue weighted by Gasteiger charge is -2.04. The van der Waals surface area contributed by atoms with Crippen LogP contribution >= 0.6 is 0 Å². The third kappa shape index (κ3) is 5.64. The van der Waals surface area contributed by atoms with Crippen LogP contribution < -0.4 is 5.32 Å². The fourth-order valence-electron chi connectivity index (χ4n) is 2.45. The Morgan fingerprint density at radius 1 is 1.07 bits per heavy atom. The number of hydrogen-bond donors (Lipinski definition) is 2. The van der Waals surface area contributed by atoms with Crippen molar-refractivity contribution >= 4 is 33.5 Å². The van der Waals surface area contributed by atoms with Gasteiger partial charge in [0.2, 0.25) is 0 Å². The number of pyridine rings is 1. The van der Waals surface area contributed by atoms with E-state index in [4.69, 9.17) is 4.74 Å². The molecule has 8 heteroatoms. The van der Waals surface area contributed by atoms with Crippen molar-refractivity contribution in [2.24, 2.45) is 0 Å². The van der Waals surface area contributed by atoms with Gasteiger partial charge in [-0.3, -0.25) is 9.78 Å². The van der Waals surface area contributed by atoms with Gasteiger partial charge >= 0.3 is 5.97 Å². The van der Waals surface area contributed by atoms with Crippen molar-refractivity contribution in [3.8, 4) is 11.8 Å². The highest BCUT2D eigenvalue weighted by Gasteiger charge is 2.07. The van der Waals surface area contributed by atoms with Gasteiger partial charge in [-0.15, -0.1) is 0 Å². The number of fused-ring (bicyclic) bond motifs is 1. The number of amides is 1. The van der Waals surface area contributed by atoms with E-state index >= 15 is 0 Å². The van der Waals surface area contributed by atoms with Crippen LogP contribution in [0, 0.1) is 11.8 Å². The molecule has 2 aromatic carbocycles. The van der Waals surface area contributed by atoms with Crippen LogP contribution in [0.3, 0.4) is 0 Å². The first-order valence-electron chi connectivity index (χ1n) is 8.55. The van der Waals surface area contributed by atoms with Gasteiger partial charge in [-0.2, -0.15) is 0 Å². The van der Waals surface area contributed by atoms with E-state index in [9.17, 15) is 18.0 Å². The molecule has 0 aliphatic heterocycles. The van der Waals surface area contributed by atoms with Crippen molar-refractivity contribution in [3.63, 3.8) is 0 Å². The van der Waals surface area contributed by atoms with Crippen molar-refractivity contribution in [2.75, 3.05) is 6.54 Å². The lowest BCUT2D eigenvalue weighted by molar-refractivity contribution is -0.137. The molecule has 7 nitrogen and oxygen atoms in total. The van der Waals surface area contributed by atoms with Gasteiger partial charge in [0.05, 0.1) is 17.0 Å². The van der Waals surface area contributed by atoms with E-state index in [0.29, 0.717) is 16.5 Å². The molecule has 29 heavy (non-hydrogen) atoms. The Morgan fingerprint density at radius 2 is 1.86 bits per heavy atom. The predicted octanol–water partition coefficient (Wildman–Crippen LogP) is 1.68. The molecule has 0 fully saturated rings. The first-order valence-corrected chi connectivity index (χ1v) is 9.72. The van der Waals surface area contributed by atoms with Crippen molar-refractivity contribution in [1.29, 1.82) is 0 Å². The molecule has 0 aliphatic carbocycles. The molecule has 1 heterocycles. The van der Waals surface area contributed by atoms with Crippen molar-refractivity contribution in [1.82, 2.24) is 10.3 Å². The second-order valence-corrected chi connectivity index (χ2v) is 6.93.